The van der Waals surface area contributed by atoms with Crippen molar-refractivity contribution in [3.63, 3.8) is 0 Å². The quantitative estimate of drug-likeness (QED) is 0.642. The fraction of sp³-hybridized carbons (Fsp3) is 0.263. The van der Waals surface area contributed by atoms with Gasteiger partial charge in [0.15, 0.2) is 0 Å². The van der Waals surface area contributed by atoms with E-state index in [2.05, 4.69) is 19.9 Å². The zero-order chi connectivity index (χ0) is 20.4. The summed E-state index contributed by atoms with van der Waals surface area (Å²) in [6.07, 6.45) is -2.30. The van der Waals surface area contributed by atoms with Gasteiger partial charge in [0.2, 0.25) is 17.6 Å². The van der Waals surface area contributed by atoms with Crippen LogP contribution in [0.5, 0.6) is 5.75 Å². The van der Waals surface area contributed by atoms with Crippen molar-refractivity contribution in [1.82, 2.24) is 20.0 Å². The van der Waals surface area contributed by atoms with Gasteiger partial charge in [-0.25, -0.2) is 0 Å². The molecule has 0 bridgehead atoms. The molecule has 3 heterocycles. The molecule has 1 amide bonds. The van der Waals surface area contributed by atoms with Crippen molar-refractivity contribution in [3.8, 4) is 17.3 Å². The normalized spacial score (nSPS) is 17.0. The van der Waals surface area contributed by atoms with Crippen LogP contribution in [0.3, 0.4) is 0 Å². The molecule has 0 saturated carbocycles. The Labute approximate surface area is 163 Å². The summed E-state index contributed by atoms with van der Waals surface area (Å²) in [5, 5.41) is 3.93. The highest BCUT2D eigenvalue weighted by atomic mass is 19.4. The van der Waals surface area contributed by atoms with E-state index in [0.29, 0.717) is 35.8 Å². The Kier molecular flexibility index (Phi) is 4.91. The highest BCUT2D eigenvalue weighted by molar-refractivity contribution is 5.78. The summed E-state index contributed by atoms with van der Waals surface area (Å²) < 4.78 is 46.1. The Balaban J connectivity index is 1.50. The first kappa shape index (κ1) is 18.9. The van der Waals surface area contributed by atoms with Gasteiger partial charge in [0.05, 0.1) is 0 Å². The lowest BCUT2D eigenvalue weighted by Crippen LogP contribution is -2.27. The van der Waals surface area contributed by atoms with Crippen LogP contribution < -0.4 is 4.74 Å². The Bertz CT molecular complexity index is 990. The molecular formula is C19H15F3N4O3. The molecule has 4 rings (SSSR count). The minimum Gasteiger partial charge on any atom is -0.406 e. The van der Waals surface area contributed by atoms with Gasteiger partial charge in [-0.15, -0.1) is 13.2 Å². The highest BCUT2D eigenvalue weighted by Gasteiger charge is 2.36. The third-order valence-corrected chi connectivity index (χ3v) is 4.46. The standard InChI is InChI=1S/C19H15F3N4O3/c20-19(21,22)28-13-6-4-12(5-7-13)11-26-15(8-9-16(26)27)18-24-17(25-29-18)14-3-1-2-10-23-14/h1-7,10,15H,8-9,11H2. The number of benzene rings is 1. The molecule has 1 saturated heterocycles. The van der Waals surface area contributed by atoms with E-state index < -0.39 is 12.4 Å². The number of ether oxygens (including phenoxy) is 1. The predicted octanol–water partition coefficient (Wildman–Crippen LogP) is 3.89. The molecule has 0 aliphatic carbocycles. The molecule has 29 heavy (non-hydrogen) atoms. The number of halogens is 3. The van der Waals surface area contributed by atoms with Gasteiger partial charge in [-0.2, -0.15) is 4.98 Å². The maximum Gasteiger partial charge on any atom is 0.573 e. The molecule has 1 unspecified atom stereocenters. The molecule has 1 fully saturated rings. The van der Waals surface area contributed by atoms with Gasteiger partial charge in [-0.1, -0.05) is 23.4 Å². The van der Waals surface area contributed by atoms with Crippen molar-refractivity contribution in [2.24, 2.45) is 0 Å². The van der Waals surface area contributed by atoms with E-state index in [4.69, 9.17) is 4.52 Å². The first-order valence-corrected chi connectivity index (χ1v) is 8.78. The zero-order valence-electron chi connectivity index (χ0n) is 15.0. The van der Waals surface area contributed by atoms with Gasteiger partial charge in [0.25, 0.3) is 0 Å². The maximum absolute atomic E-state index is 12.3. The smallest absolute Gasteiger partial charge is 0.406 e. The summed E-state index contributed by atoms with van der Waals surface area (Å²) in [4.78, 5) is 22.5. The van der Waals surface area contributed by atoms with Crippen LogP contribution in [0, 0.1) is 0 Å². The Morgan fingerprint density at radius 3 is 2.66 bits per heavy atom. The van der Waals surface area contributed by atoms with Gasteiger partial charge in [-0.3, -0.25) is 9.78 Å². The fourth-order valence-electron chi connectivity index (χ4n) is 3.15. The fourth-order valence-corrected chi connectivity index (χ4v) is 3.15. The largest absolute Gasteiger partial charge is 0.573 e. The first-order valence-electron chi connectivity index (χ1n) is 8.78. The van der Waals surface area contributed by atoms with Crippen molar-refractivity contribution in [3.05, 3.63) is 60.1 Å². The lowest BCUT2D eigenvalue weighted by Gasteiger charge is -2.22. The summed E-state index contributed by atoms with van der Waals surface area (Å²) in [6, 6.07) is 10.3. The number of carbonyl (C=O) groups is 1. The van der Waals surface area contributed by atoms with Crippen LogP contribution in [0.25, 0.3) is 11.5 Å². The number of hydrogen-bond acceptors (Lipinski definition) is 6. The molecule has 150 valence electrons. The topological polar surface area (TPSA) is 81.3 Å². The van der Waals surface area contributed by atoms with Crippen LogP contribution in [-0.2, 0) is 11.3 Å². The minimum absolute atomic E-state index is 0.0943. The summed E-state index contributed by atoms with van der Waals surface area (Å²) in [5.74, 6) is 0.215. The Morgan fingerprint density at radius 1 is 1.17 bits per heavy atom. The molecule has 0 N–H and O–H groups in total. The highest BCUT2D eigenvalue weighted by Crippen LogP contribution is 2.34. The molecule has 1 aliphatic heterocycles. The number of nitrogens with zero attached hydrogens (tertiary/aromatic N) is 4. The maximum atomic E-state index is 12.3. The molecule has 0 spiro atoms. The van der Waals surface area contributed by atoms with Gasteiger partial charge in [0.1, 0.15) is 17.5 Å². The lowest BCUT2D eigenvalue weighted by molar-refractivity contribution is -0.274. The SMILES string of the molecule is O=C1CCC(c2nc(-c3ccccn3)no2)N1Cc1ccc(OC(F)(F)F)cc1. The summed E-state index contributed by atoms with van der Waals surface area (Å²) >= 11 is 0. The zero-order valence-corrected chi connectivity index (χ0v) is 15.0. The molecule has 2 aromatic heterocycles. The number of aromatic nitrogens is 3. The van der Waals surface area contributed by atoms with Crippen molar-refractivity contribution in [2.75, 3.05) is 0 Å². The second-order valence-corrected chi connectivity index (χ2v) is 6.44. The second kappa shape index (κ2) is 7.53. The van der Waals surface area contributed by atoms with Crippen LogP contribution >= 0.6 is 0 Å². The average Bonchev–Trinajstić information content (AvgIpc) is 3.30. The lowest BCUT2D eigenvalue weighted by atomic mass is 10.1. The molecule has 1 aromatic carbocycles. The van der Waals surface area contributed by atoms with E-state index in [9.17, 15) is 18.0 Å². The molecule has 0 radical (unpaired) electrons. The van der Waals surface area contributed by atoms with Gasteiger partial charge < -0.3 is 14.2 Å². The number of amides is 1. The summed E-state index contributed by atoms with van der Waals surface area (Å²) in [5.41, 5.74) is 1.21. The van der Waals surface area contributed by atoms with E-state index in [1.54, 1.807) is 29.3 Å². The van der Waals surface area contributed by atoms with Crippen molar-refractivity contribution < 1.29 is 27.2 Å². The number of alkyl halides is 3. The predicted molar refractivity (Wildman–Crippen MR) is 93.2 cm³/mol. The van der Waals surface area contributed by atoms with Crippen LogP contribution in [0.2, 0.25) is 0 Å². The van der Waals surface area contributed by atoms with Gasteiger partial charge >= 0.3 is 6.36 Å². The van der Waals surface area contributed by atoms with Crippen molar-refractivity contribution in [2.45, 2.75) is 31.8 Å². The molecule has 1 aliphatic rings. The first-order chi connectivity index (χ1) is 13.9. The molecule has 10 heteroatoms. The van der Waals surface area contributed by atoms with Crippen molar-refractivity contribution >= 4 is 5.91 Å². The molecular weight excluding hydrogens is 389 g/mol. The van der Waals surface area contributed by atoms with Crippen molar-refractivity contribution in [1.29, 1.82) is 0 Å². The monoisotopic (exact) mass is 404 g/mol. The van der Waals surface area contributed by atoms with E-state index in [1.807, 2.05) is 0 Å². The minimum atomic E-state index is -4.75. The summed E-state index contributed by atoms with van der Waals surface area (Å²) in [7, 11) is 0. The number of pyridine rings is 1. The molecule has 1 atom stereocenters. The van der Waals surface area contributed by atoms with E-state index in [1.165, 1.54) is 24.3 Å². The second-order valence-electron chi connectivity index (χ2n) is 6.44. The van der Waals surface area contributed by atoms with Gasteiger partial charge in [0, 0.05) is 19.2 Å². The van der Waals surface area contributed by atoms with Gasteiger partial charge in [-0.05, 0) is 36.2 Å². The van der Waals surface area contributed by atoms with E-state index in [-0.39, 0.29) is 18.2 Å². The number of carbonyl (C=O) groups excluding carboxylic acids is 1. The van der Waals surface area contributed by atoms with Crippen LogP contribution in [0.1, 0.15) is 30.3 Å². The van der Waals surface area contributed by atoms with Crippen LogP contribution in [-0.4, -0.2) is 32.3 Å². The Morgan fingerprint density at radius 2 is 1.97 bits per heavy atom. The number of rotatable bonds is 5. The van der Waals surface area contributed by atoms with Crippen LogP contribution in [0.15, 0.2) is 53.2 Å². The number of likely N-dealkylation sites (tertiary alicyclic amines) is 1. The third kappa shape index (κ3) is 4.36. The third-order valence-electron chi connectivity index (χ3n) is 4.46. The molecule has 3 aromatic rings. The number of hydrogen-bond donors (Lipinski definition) is 0. The average molecular weight is 404 g/mol. The van der Waals surface area contributed by atoms with E-state index >= 15 is 0 Å². The Hall–Kier alpha value is -3.43. The van der Waals surface area contributed by atoms with E-state index in [0.717, 1.165) is 0 Å². The molecule has 7 nitrogen and oxygen atoms in total. The van der Waals surface area contributed by atoms with Crippen LogP contribution in [0.4, 0.5) is 13.2 Å². The summed E-state index contributed by atoms with van der Waals surface area (Å²) in [6.45, 7) is 0.205.